The zero-order chi connectivity index (χ0) is 13.1. The molecule has 0 aliphatic rings. The molecule has 0 N–H and O–H groups in total. The monoisotopic (exact) mass is 309 g/mol. The number of nitrogens with zero attached hydrogens (tertiary/aromatic N) is 1. The average Bonchev–Trinajstić information content (AvgIpc) is 2.24. The van der Waals surface area contributed by atoms with Gasteiger partial charge >= 0.3 is 6.18 Å². The molecule has 0 amide bonds. The van der Waals surface area contributed by atoms with Gasteiger partial charge in [0.25, 0.3) is 5.69 Å². The smallest absolute Gasteiger partial charge is 0.258 e. The summed E-state index contributed by atoms with van der Waals surface area (Å²) < 4.78 is 37.4. The third-order valence-corrected chi connectivity index (χ3v) is 2.25. The summed E-state index contributed by atoms with van der Waals surface area (Å²) in [5.41, 5.74) is -1.46. The molecule has 0 radical (unpaired) electrons. The lowest BCUT2D eigenvalue weighted by molar-refractivity contribution is -0.385. The van der Waals surface area contributed by atoms with Crippen molar-refractivity contribution in [2.75, 3.05) is 5.33 Å². The molecule has 0 aliphatic carbocycles. The van der Waals surface area contributed by atoms with Crippen LogP contribution in [0.1, 0.15) is 11.1 Å². The second-order valence-corrected chi connectivity index (χ2v) is 3.77. The van der Waals surface area contributed by atoms with Crippen molar-refractivity contribution in [1.29, 1.82) is 0 Å². The molecule has 92 valence electrons. The summed E-state index contributed by atoms with van der Waals surface area (Å²) in [4.78, 5) is 9.66. The zero-order valence-corrected chi connectivity index (χ0v) is 9.96. The van der Waals surface area contributed by atoms with E-state index in [1.165, 1.54) is 6.08 Å². The van der Waals surface area contributed by atoms with Gasteiger partial charge in [-0.25, -0.2) is 0 Å². The number of nitro benzene ring substituents is 1. The first-order valence-corrected chi connectivity index (χ1v) is 5.56. The van der Waals surface area contributed by atoms with Gasteiger partial charge in [0.15, 0.2) is 0 Å². The van der Waals surface area contributed by atoms with E-state index in [0.29, 0.717) is 11.4 Å². The summed E-state index contributed by atoms with van der Waals surface area (Å²) in [6.45, 7) is 0. The standard InChI is InChI=1S/C10H7BrF3NO2/c11-3-1-2-7-4-8(10(12,13)14)6-9(5-7)15(16)17/h1-2,4-6H,3H2. The van der Waals surface area contributed by atoms with Crippen LogP contribution in [-0.4, -0.2) is 10.3 Å². The predicted molar refractivity (Wildman–Crippen MR) is 60.9 cm³/mol. The minimum atomic E-state index is -4.59. The van der Waals surface area contributed by atoms with Gasteiger partial charge in [-0.1, -0.05) is 28.1 Å². The molecular weight excluding hydrogens is 303 g/mol. The van der Waals surface area contributed by atoms with Gasteiger partial charge in [0.05, 0.1) is 10.5 Å². The van der Waals surface area contributed by atoms with Crippen molar-refractivity contribution >= 4 is 27.7 Å². The molecule has 0 bridgehead atoms. The summed E-state index contributed by atoms with van der Waals surface area (Å²) in [6, 6.07) is 2.48. The minimum absolute atomic E-state index is 0.144. The first-order valence-electron chi connectivity index (χ1n) is 4.44. The van der Waals surface area contributed by atoms with Gasteiger partial charge in [0.2, 0.25) is 0 Å². The molecule has 3 nitrogen and oxygen atoms in total. The first-order chi connectivity index (χ1) is 7.84. The molecular formula is C10H7BrF3NO2. The van der Waals surface area contributed by atoms with E-state index in [-0.39, 0.29) is 5.56 Å². The Labute approximate surface area is 103 Å². The van der Waals surface area contributed by atoms with Crippen LogP contribution in [0.4, 0.5) is 18.9 Å². The van der Waals surface area contributed by atoms with Crippen LogP contribution in [0, 0.1) is 10.1 Å². The summed E-state index contributed by atoms with van der Waals surface area (Å²) in [7, 11) is 0. The Hall–Kier alpha value is -1.37. The maximum atomic E-state index is 12.5. The predicted octanol–water partition coefficient (Wildman–Crippen LogP) is 4.02. The highest BCUT2D eigenvalue weighted by molar-refractivity contribution is 9.09. The largest absolute Gasteiger partial charge is 0.416 e. The molecule has 1 aromatic carbocycles. The Balaban J connectivity index is 3.29. The molecule has 17 heavy (non-hydrogen) atoms. The van der Waals surface area contributed by atoms with Gasteiger partial charge in [-0.3, -0.25) is 10.1 Å². The molecule has 7 heteroatoms. The summed E-state index contributed by atoms with van der Waals surface area (Å²) in [5, 5.41) is 11.0. The number of hydrogen-bond acceptors (Lipinski definition) is 2. The normalized spacial score (nSPS) is 12.0. The molecule has 0 unspecified atom stereocenters. The van der Waals surface area contributed by atoms with Gasteiger partial charge in [-0.2, -0.15) is 13.2 Å². The molecule has 0 saturated heterocycles. The van der Waals surface area contributed by atoms with E-state index >= 15 is 0 Å². The third kappa shape index (κ3) is 3.85. The Bertz CT molecular complexity index is 457. The van der Waals surface area contributed by atoms with Crippen molar-refractivity contribution in [3.8, 4) is 0 Å². The molecule has 1 aromatic rings. The number of rotatable bonds is 3. The topological polar surface area (TPSA) is 43.1 Å². The maximum absolute atomic E-state index is 12.5. The number of benzene rings is 1. The molecule has 0 aliphatic heterocycles. The van der Waals surface area contributed by atoms with Gasteiger partial charge < -0.3 is 0 Å². The van der Waals surface area contributed by atoms with Gasteiger partial charge in [-0.15, -0.1) is 0 Å². The van der Waals surface area contributed by atoms with Crippen LogP contribution < -0.4 is 0 Å². The number of non-ortho nitro benzene ring substituents is 1. The number of hydrogen-bond donors (Lipinski definition) is 0. The van der Waals surface area contributed by atoms with Gasteiger partial charge in [0.1, 0.15) is 0 Å². The van der Waals surface area contributed by atoms with Crippen molar-refractivity contribution in [1.82, 2.24) is 0 Å². The Morgan fingerprint density at radius 2 is 2.00 bits per heavy atom. The zero-order valence-electron chi connectivity index (χ0n) is 8.37. The van der Waals surface area contributed by atoms with E-state index in [4.69, 9.17) is 0 Å². The lowest BCUT2D eigenvalue weighted by atomic mass is 10.1. The fourth-order valence-electron chi connectivity index (χ4n) is 1.18. The number of halogens is 4. The number of nitro groups is 1. The molecule has 0 saturated carbocycles. The SMILES string of the molecule is O=[N+]([O-])c1cc(C=CCBr)cc(C(F)(F)F)c1. The van der Waals surface area contributed by atoms with Crippen molar-refractivity contribution in [2.45, 2.75) is 6.18 Å². The quantitative estimate of drug-likeness (QED) is 0.481. The molecule has 0 aromatic heterocycles. The van der Waals surface area contributed by atoms with Crippen molar-refractivity contribution in [3.05, 3.63) is 45.5 Å². The van der Waals surface area contributed by atoms with Crippen LogP contribution in [-0.2, 0) is 6.18 Å². The van der Waals surface area contributed by atoms with Crippen LogP contribution >= 0.6 is 15.9 Å². The highest BCUT2D eigenvalue weighted by Gasteiger charge is 2.32. The molecule has 0 heterocycles. The van der Waals surface area contributed by atoms with Crippen LogP contribution in [0.2, 0.25) is 0 Å². The Kier molecular flexibility index (Phi) is 4.28. The third-order valence-electron chi connectivity index (χ3n) is 1.88. The first kappa shape index (κ1) is 13.7. The van der Waals surface area contributed by atoms with Crippen molar-refractivity contribution in [2.24, 2.45) is 0 Å². The lowest BCUT2D eigenvalue weighted by Crippen LogP contribution is -2.06. The van der Waals surface area contributed by atoms with E-state index in [2.05, 4.69) is 15.9 Å². The number of alkyl halides is 4. The van der Waals surface area contributed by atoms with E-state index in [1.54, 1.807) is 6.08 Å². The molecule has 1 rings (SSSR count). The molecule has 0 spiro atoms. The van der Waals surface area contributed by atoms with Gasteiger partial charge in [-0.05, 0) is 11.6 Å². The van der Waals surface area contributed by atoms with Crippen molar-refractivity contribution in [3.63, 3.8) is 0 Å². The lowest BCUT2D eigenvalue weighted by Gasteiger charge is -2.07. The van der Waals surface area contributed by atoms with Crippen LogP contribution in [0.15, 0.2) is 24.3 Å². The summed E-state index contributed by atoms with van der Waals surface area (Å²) >= 11 is 3.07. The molecule has 0 atom stereocenters. The molecule has 0 fully saturated rings. The maximum Gasteiger partial charge on any atom is 0.416 e. The average molecular weight is 310 g/mol. The van der Waals surface area contributed by atoms with Crippen LogP contribution in [0.25, 0.3) is 6.08 Å². The van der Waals surface area contributed by atoms with E-state index in [9.17, 15) is 23.3 Å². The highest BCUT2D eigenvalue weighted by atomic mass is 79.9. The summed E-state index contributed by atoms with van der Waals surface area (Å²) in [6.07, 6.45) is -1.65. The van der Waals surface area contributed by atoms with Gasteiger partial charge in [0, 0.05) is 17.5 Å². The second-order valence-electron chi connectivity index (χ2n) is 3.12. The van der Waals surface area contributed by atoms with Crippen LogP contribution in [0.3, 0.4) is 0 Å². The van der Waals surface area contributed by atoms with E-state index in [0.717, 1.165) is 12.1 Å². The minimum Gasteiger partial charge on any atom is -0.258 e. The summed E-state index contributed by atoms with van der Waals surface area (Å²) in [5.74, 6) is 0. The Morgan fingerprint density at radius 3 is 2.47 bits per heavy atom. The second kappa shape index (κ2) is 5.31. The van der Waals surface area contributed by atoms with E-state index in [1.807, 2.05) is 0 Å². The number of allylic oxidation sites excluding steroid dienone is 1. The Morgan fingerprint density at radius 1 is 1.35 bits per heavy atom. The van der Waals surface area contributed by atoms with Crippen LogP contribution in [0.5, 0.6) is 0 Å². The fraction of sp³-hybridized carbons (Fsp3) is 0.200. The van der Waals surface area contributed by atoms with E-state index < -0.39 is 22.4 Å². The highest BCUT2D eigenvalue weighted by Crippen LogP contribution is 2.32. The van der Waals surface area contributed by atoms with Crippen molar-refractivity contribution < 1.29 is 18.1 Å². The fourth-order valence-corrected chi connectivity index (χ4v) is 1.37.